The van der Waals surface area contributed by atoms with E-state index in [9.17, 15) is 9.59 Å². The van der Waals surface area contributed by atoms with Gasteiger partial charge in [-0.25, -0.2) is 5.43 Å². The normalized spacial score (nSPS) is 13.4. The Hall–Kier alpha value is -4.39. The van der Waals surface area contributed by atoms with Gasteiger partial charge in [0.1, 0.15) is 6.54 Å². The molecule has 1 aromatic heterocycles. The maximum absolute atomic E-state index is 12.7. The van der Waals surface area contributed by atoms with E-state index in [1.165, 1.54) is 12.8 Å². The quantitative estimate of drug-likeness (QED) is 0.291. The summed E-state index contributed by atoms with van der Waals surface area (Å²) in [5.74, 6) is -0.380. The van der Waals surface area contributed by atoms with Gasteiger partial charge >= 0.3 is 0 Å². The number of aryl methyl sites for hydroxylation is 1. The Morgan fingerprint density at radius 1 is 0.944 bits per heavy atom. The van der Waals surface area contributed by atoms with Gasteiger partial charge in [-0.15, -0.1) is 0 Å². The van der Waals surface area contributed by atoms with E-state index in [4.69, 9.17) is 0 Å². The number of anilines is 2. The summed E-state index contributed by atoms with van der Waals surface area (Å²) in [6.45, 7) is 4.31. The maximum atomic E-state index is 12.7. The van der Waals surface area contributed by atoms with Crippen LogP contribution in [0.25, 0.3) is 10.9 Å². The highest BCUT2D eigenvalue weighted by molar-refractivity contribution is 6.01. The first kappa shape index (κ1) is 23.4. The minimum Gasteiger partial charge on any atom is -0.372 e. The summed E-state index contributed by atoms with van der Waals surface area (Å²) in [5, 5.41) is 8.08. The summed E-state index contributed by atoms with van der Waals surface area (Å²) in [5.41, 5.74) is 7.96. The van der Waals surface area contributed by atoms with Crippen molar-refractivity contribution < 1.29 is 9.59 Å². The van der Waals surface area contributed by atoms with Gasteiger partial charge in [0, 0.05) is 52.7 Å². The number of carbonyl (C=O) groups excluding carboxylic acids is 2. The maximum Gasteiger partial charge on any atom is 0.271 e. The molecule has 36 heavy (non-hydrogen) atoms. The number of fused-ring (bicyclic) bond motifs is 1. The van der Waals surface area contributed by atoms with Crippen LogP contribution in [0.15, 0.2) is 84.1 Å². The fourth-order valence-corrected chi connectivity index (χ4v) is 4.52. The van der Waals surface area contributed by atoms with Gasteiger partial charge in [-0.1, -0.05) is 35.9 Å². The Bertz CT molecular complexity index is 1400. The van der Waals surface area contributed by atoms with Crippen LogP contribution in [0.1, 0.15) is 34.3 Å². The standard InChI is InChI=1S/C29H29N5O2/c1-21-8-12-24(13-9-21)31-28(35)20-34-19-23(26-6-2-3-7-27(26)34)18-30-32-29(36)22-10-14-25(15-11-22)33-16-4-5-17-33/h2-3,6-15,18-19H,4-5,16-17,20H2,1H3,(H,31,35)(H,32,36)/b30-18-. The van der Waals surface area contributed by atoms with Gasteiger partial charge in [-0.05, 0) is 62.2 Å². The molecule has 1 aliphatic heterocycles. The average Bonchev–Trinajstić information content (AvgIpc) is 3.55. The lowest BCUT2D eigenvalue weighted by Gasteiger charge is -2.17. The molecule has 2 heterocycles. The Balaban J connectivity index is 1.25. The number of amides is 2. The van der Waals surface area contributed by atoms with Crippen molar-refractivity contribution in [3.63, 3.8) is 0 Å². The van der Waals surface area contributed by atoms with Crippen molar-refractivity contribution in [1.29, 1.82) is 0 Å². The van der Waals surface area contributed by atoms with Crippen LogP contribution in [-0.4, -0.2) is 35.7 Å². The number of benzene rings is 3. The van der Waals surface area contributed by atoms with E-state index < -0.39 is 0 Å². The Kier molecular flexibility index (Phi) is 6.80. The fourth-order valence-electron chi connectivity index (χ4n) is 4.52. The van der Waals surface area contributed by atoms with Crippen molar-refractivity contribution >= 4 is 40.3 Å². The second-order valence-corrected chi connectivity index (χ2v) is 9.08. The lowest BCUT2D eigenvalue weighted by molar-refractivity contribution is -0.116. The second kappa shape index (κ2) is 10.5. The third-order valence-corrected chi connectivity index (χ3v) is 6.44. The van der Waals surface area contributed by atoms with E-state index in [0.717, 1.165) is 46.5 Å². The molecule has 0 atom stereocenters. The molecule has 0 spiro atoms. The van der Waals surface area contributed by atoms with Crippen LogP contribution in [0.4, 0.5) is 11.4 Å². The molecule has 182 valence electrons. The summed E-state index contributed by atoms with van der Waals surface area (Å²) >= 11 is 0. The molecule has 0 aliphatic carbocycles. The molecule has 1 fully saturated rings. The molecule has 2 amide bonds. The third-order valence-electron chi connectivity index (χ3n) is 6.44. The van der Waals surface area contributed by atoms with Gasteiger partial charge in [0.2, 0.25) is 5.91 Å². The summed E-state index contributed by atoms with van der Waals surface area (Å²) in [6.07, 6.45) is 5.92. The number of carbonyl (C=O) groups is 2. The second-order valence-electron chi connectivity index (χ2n) is 9.08. The summed E-state index contributed by atoms with van der Waals surface area (Å²) in [7, 11) is 0. The van der Waals surface area contributed by atoms with Crippen LogP contribution in [0.5, 0.6) is 0 Å². The highest BCUT2D eigenvalue weighted by atomic mass is 16.2. The monoisotopic (exact) mass is 479 g/mol. The number of hydrogen-bond donors (Lipinski definition) is 2. The molecule has 1 saturated heterocycles. The van der Waals surface area contributed by atoms with Crippen molar-refractivity contribution in [3.8, 4) is 0 Å². The minimum absolute atomic E-state index is 0.117. The zero-order chi connectivity index (χ0) is 24.9. The molecule has 4 aromatic rings. The number of hydrogen-bond acceptors (Lipinski definition) is 4. The molecule has 7 nitrogen and oxygen atoms in total. The molecular formula is C29H29N5O2. The Morgan fingerprint density at radius 2 is 1.67 bits per heavy atom. The first-order valence-corrected chi connectivity index (χ1v) is 12.2. The van der Waals surface area contributed by atoms with E-state index in [1.807, 2.05) is 90.5 Å². The van der Waals surface area contributed by atoms with Crippen LogP contribution in [0.3, 0.4) is 0 Å². The molecule has 0 radical (unpaired) electrons. The first-order valence-electron chi connectivity index (χ1n) is 12.2. The van der Waals surface area contributed by atoms with Crippen LogP contribution in [0, 0.1) is 6.92 Å². The molecule has 1 aliphatic rings. The zero-order valence-electron chi connectivity index (χ0n) is 20.3. The van der Waals surface area contributed by atoms with Gasteiger partial charge in [0.25, 0.3) is 5.91 Å². The first-order chi connectivity index (χ1) is 17.6. The smallest absolute Gasteiger partial charge is 0.271 e. The SMILES string of the molecule is Cc1ccc(NC(=O)Cn2cc(/C=N\NC(=O)c3ccc(N4CCCC4)cc3)c3ccccc32)cc1. The molecule has 2 N–H and O–H groups in total. The third kappa shape index (κ3) is 5.30. The van der Waals surface area contributed by atoms with Crippen molar-refractivity contribution in [2.45, 2.75) is 26.3 Å². The number of aromatic nitrogens is 1. The van der Waals surface area contributed by atoms with Crippen molar-refractivity contribution in [3.05, 3.63) is 95.7 Å². The van der Waals surface area contributed by atoms with Crippen molar-refractivity contribution in [1.82, 2.24) is 9.99 Å². The van der Waals surface area contributed by atoms with Crippen LogP contribution >= 0.6 is 0 Å². The number of rotatable bonds is 7. The number of nitrogens with one attached hydrogen (secondary N) is 2. The van der Waals surface area contributed by atoms with Gasteiger partial charge < -0.3 is 14.8 Å². The molecular weight excluding hydrogens is 450 g/mol. The van der Waals surface area contributed by atoms with Gasteiger partial charge in [-0.3, -0.25) is 9.59 Å². The minimum atomic E-state index is -0.263. The summed E-state index contributed by atoms with van der Waals surface area (Å²) < 4.78 is 1.89. The zero-order valence-corrected chi connectivity index (χ0v) is 20.3. The van der Waals surface area contributed by atoms with E-state index in [0.29, 0.717) is 5.56 Å². The van der Waals surface area contributed by atoms with Gasteiger partial charge in [-0.2, -0.15) is 5.10 Å². The van der Waals surface area contributed by atoms with Gasteiger partial charge in [0.05, 0.1) is 6.21 Å². The van der Waals surface area contributed by atoms with Crippen LogP contribution in [-0.2, 0) is 11.3 Å². The van der Waals surface area contributed by atoms with E-state index in [2.05, 4.69) is 20.7 Å². The number of hydrazone groups is 1. The summed E-state index contributed by atoms with van der Waals surface area (Å²) in [4.78, 5) is 27.6. The van der Waals surface area contributed by atoms with E-state index >= 15 is 0 Å². The lowest BCUT2D eigenvalue weighted by Crippen LogP contribution is -2.19. The van der Waals surface area contributed by atoms with Crippen LogP contribution < -0.4 is 15.6 Å². The van der Waals surface area contributed by atoms with Crippen molar-refractivity contribution in [2.24, 2.45) is 5.10 Å². The fraction of sp³-hybridized carbons (Fsp3) is 0.207. The van der Waals surface area contributed by atoms with E-state index in [1.54, 1.807) is 6.21 Å². The molecule has 0 bridgehead atoms. The van der Waals surface area contributed by atoms with Crippen LogP contribution in [0.2, 0.25) is 0 Å². The van der Waals surface area contributed by atoms with E-state index in [-0.39, 0.29) is 18.4 Å². The average molecular weight is 480 g/mol. The molecule has 7 heteroatoms. The highest BCUT2D eigenvalue weighted by Crippen LogP contribution is 2.21. The molecule has 0 unspecified atom stereocenters. The lowest BCUT2D eigenvalue weighted by atomic mass is 10.2. The Morgan fingerprint density at radius 3 is 2.42 bits per heavy atom. The number of para-hydroxylation sites is 1. The predicted molar refractivity (Wildman–Crippen MR) is 145 cm³/mol. The topological polar surface area (TPSA) is 78.7 Å². The van der Waals surface area contributed by atoms with Gasteiger partial charge in [0.15, 0.2) is 0 Å². The molecule has 0 saturated carbocycles. The number of nitrogens with zero attached hydrogens (tertiary/aromatic N) is 3. The molecule has 5 rings (SSSR count). The molecule has 3 aromatic carbocycles. The predicted octanol–water partition coefficient (Wildman–Crippen LogP) is 4.95. The Labute approximate surface area is 210 Å². The van der Waals surface area contributed by atoms with Crippen molar-refractivity contribution in [2.75, 3.05) is 23.3 Å². The largest absolute Gasteiger partial charge is 0.372 e. The highest BCUT2D eigenvalue weighted by Gasteiger charge is 2.13. The summed E-state index contributed by atoms with van der Waals surface area (Å²) in [6, 6.07) is 23.2.